The second kappa shape index (κ2) is 12.1. The van der Waals surface area contributed by atoms with Gasteiger partial charge in [0.15, 0.2) is 0 Å². The third kappa shape index (κ3) is 10.1. The van der Waals surface area contributed by atoms with E-state index < -0.39 is 24.1 Å². The number of aliphatic hydroxyl groups is 1. The van der Waals surface area contributed by atoms with Gasteiger partial charge >= 0.3 is 11.9 Å². The van der Waals surface area contributed by atoms with Crippen LogP contribution in [0, 0.1) is 0 Å². The number of rotatable bonds is 13. The number of likely N-dealkylation sites (N-methyl/N-ethyl adjacent to an activating group) is 1. The van der Waals surface area contributed by atoms with Gasteiger partial charge in [-0.15, -0.1) is 0 Å². The number of aliphatic carboxylic acids is 2. The molecule has 0 heterocycles. The molecule has 0 saturated heterocycles. The fraction of sp³-hybridized carbons (Fsp3) is 0.786. The number of carbonyl (C=O) groups is 3. The zero-order valence-corrected chi connectivity index (χ0v) is 14.3. The first-order valence-electron chi connectivity index (χ1n) is 7.52. The molecule has 0 spiro atoms. The van der Waals surface area contributed by atoms with Gasteiger partial charge in [-0.3, -0.25) is 19.3 Å². The van der Waals surface area contributed by atoms with Crippen molar-refractivity contribution in [3.8, 4) is 0 Å². The minimum Gasteiger partial charge on any atom is -0.480 e. The first-order chi connectivity index (χ1) is 10.8. The summed E-state index contributed by atoms with van der Waals surface area (Å²) < 4.78 is 0. The van der Waals surface area contributed by atoms with E-state index in [1.807, 2.05) is 6.92 Å². The van der Waals surface area contributed by atoms with Crippen LogP contribution in [0.4, 0.5) is 0 Å². The van der Waals surface area contributed by atoms with Crippen LogP contribution in [0.25, 0.3) is 0 Å². The molecule has 0 radical (unpaired) electrons. The quantitative estimate of drug-likeness (QED) is 0.338. The molecule has 0 aromatic carbocycles. The molecule has 9 heteroatoms. The van der Waals surface area contributed by atoms with Gasteiger partial charge in [-0.05, 0) is 25.1 Å². The van der Waals surface area contributed by atoms with E-state index in [0.29, 0.717) is 18.7 Å². The van der Waals surface area contributed by atoms with E-state index >= 15 is 0 Å². The zero-order chi connectivity index (χ0) is 17.8. The van der Waals surface area contributed by atoms with Gasteiger partial charge in [0, 0.05) is 6.54 Å². The van der Waals surface area contributed by atoms with Crippen molar-refractivity contribution in [3.05, 3.63) is 0 Å². The number of nitrogens with one attached hydrogen (secondary N) is 1. The molecule has 0 bridgehead atoms. The molecule has 0 aliphatic rings. The van der Waals surface area contributed by atoms with Crippen LogP contribution in [0.5, 0.6) is 0 Å². The normalized spacial score (nSPS) is 13.6. The first-order valence-corrected chi connectivity index (χ1v) is 8.68. The van der Waals surface area contributed by atoms with Crippen LogP contribution in [0.15, 0.2) is 0 Å². The summed E-state index contributed by atoms with van der Waals surface area (Å²) in [5.74, 6) is -1.75. The largest absolute Gasteiger partial charge is 0.480 e. The Kier molecular flexibility index (Phi) is 11.4. The third-order valence-corrected chi connectivity index (χ3v) is 4.24. The summed E-state index contributed by atoms with van der Waals surface area (Å²) in [6, 6.07) is -0.881. The minimum absolute atomic E-state index is 0.174. The van der Waals surface area contributed by atoms with Crippen molar-refractivity contribution in [2.24, 2.45) is 0 Å². The predicted octanol–water partition coefficient (Wildman–Crippen LogP) is -0.143. The van der Waals surface area contributed by atoms with E-state index in [4.69, 9.17) is 5.11 Å². The average Bonchev–Trinajstić information content (AvgIpc) is 2.49. The van der Waals surface area contributed by atoms with Crippen LogP contribution >= 0.6 is 11.8 Å². The molecule has 0 aromatic rings. The molecule has 4 N–H and O–H groups in total. The van der Waals surface area contributed by atoms with Crippen molar-refractivity contribution in [1.82, 2.24) is 10.2 Å². The molecule has 2 unspecified atom stereocenters. The second-order valence-electron chi connectivity index (χ2n) is 5.02. The van der Waals surface area contributed by atoms with Crippen molar-refractivity contribution >= 4 is 29.6 Å². The maximum Gasteiger partial charge on any atom is 0.320 e. The lowest BCUT2D eigenvalue weighted by molar-refractivity contribution is -0.146. The number of nitrogens with zero attached hydrogens (tertiary/aromatic N) is 1. The molecule has 0 aromatic heterocycles. The van der Waals surface area contributed by atoms with Crippen LogP contribution in [0.3, 0.4) is 0 Å². The lowest BCUT2D eigenvalue weighted by atomic mass is 10.2. The zero-order valence-electron chi connectivity index (χ0n) is 13.5. The first kappa shape index (κ1) is 21.7. The summed E-state index contributed by atoms with van der Waals surface area (Å²) in [5.41, 5.74) is 0. The molecule has 0 fully saturated rings. The van der Waals surface area contributed by atoms with Crippen LogP contribution in [-0.2, 0) is 14.4 Å². The van der Waals surface area contributed by atoms with E-state index in [0.717, 1.165) is 0 Å². The number of carboxylic acid groups (broad SMARTS) is 2. The van der Waals surface area contributed by atoms with E-state index in [-0.39, 0.29) is 31.2 Å². The molecule has 0 saturated carbocycles. The SMILES string of the molecule is CCC(O)CNC(=O)CSCCC(C(=O)O)N(CC)CC(=O)O. The van der Waals surface area contributed by atoms with Crippen molar-refractivity contribution in [2.45, 2.75) is 38.8 Å². The summed E-state index contributed by atoms with van der Waals surface area (Å²) in [6.07, 6.45) is 0.255. The van der Waals surface area contributed by atoms with Gasteiger partial charge in [0.05, 0.1) is 18.4 Å². The number of hydrogen-bond donors (Lipinski definition) is 4. The molecule has 0 aliphatic carbocycles. The smallest absolute Gasteiger partial charge is 0.320 e. The lowest BCUT2D eigenvalue weighted by Gasteiger charge is -2.25. The Morgan fingerprint density at radius 1 is 1.22 bits per heavy atom. The van der Waals surface area contributed by atoms with Crippen LogP contribution in [-0.4, -0.2) is 81.4 Å². The molecule has 23 heavy (non-hydrogen) atoms. The molecule has 134 valence electrons. The average molecular weight is 350 g/mol. The summed E-state index contributed by atoms with van der Waals surface area (Å²) in [6.45, 7) is 3.72. The van der Waals surface area contributed by atoms with Crippen molar-refractivity contribution in [1.29, 1.82) is 0 Å². The fourth-order valence-electron chi connectivity index (χ4n) is 1.87. The van der Waals surface area contributed by atoms with E-state index in [1.54, 1.807) is 6.92 Å². The highest BCUT2D eigenvalue weighted by molar-refractivity contribution is 7.99. The van der Waals surface area contributed by atoms with Crippen molar-refractivity contribution in [3.63, 3.8) is 0 Å². The third-order valence-electron chi connectivity index (χ3n) is 3.25. The van der Waals surface area contributed by atoms with Gasteiger partial charge in [0.2, 0.25) is 5.91 Å². The van der Waals surface area contributed by atoms with Gasteiger partial charge in [-0.25, -0.2) is 0 Å². The Morgan fingerprint density at radius 3 is 2.35 bits per heavy atom. The highest BCUT2D eigenvalue weighted by Crippen LogP contribution is 2.11. The van der Waals surface area contributed by atoms with Gasteiger partial charge in [-0.1, -0.05) is 13.8 Å². The van der Waals surface area contributed by atoms with Crippen LogP contribution in [0.2, 0.25) is 0 Å². The molecule has 2 atom stereocenters. The fourth-order valence-corrected chi connectivity index (χ4v) is 2.69. The Labute approximate surface area is 140 Å². The second-order valence-corrected chi connectivity index (χ2v) is 6.12. The van der Waals surface area contributed by atoms with E-state index in [1.165, 1.54) is 16.7 Å². The van der Waals surface area contributed by atoms with Crippen molar-refractivity contribution < 1.29 is 29.7 Å². The Morgan fingerprint density at radius 2 is 1.87 bits per heavy atom. The Balaban J connectivity index is 4.16. The molecule has 0 rings (SSSR count). The Hall–Kier alpha value is -1.32. The summed E-state index contributed by atoms with van der Waals surface area (Å²) in [4.78, 5) is 34.9. The highest BCUT2D eigenvalue weighted by atomic mass is 32.2. The standard InChI is InChI=1S/C14H26N2O6S/c1-3-10(17)7-15-12(18)9-23-6-5-11(14(21)22)16(4-2)8-13(19)20/h10-11,17H,3-9H2,1-2H3,(H,15,18)(H,19,20)(H,21,22). The summed E-state index contributed by atoms with van der Waals surface area (Å²) in [7, 11) is 0. The summed E-state index contributed by atoms with van der Waals surface area (Å²) in [5, 5.41) is 29.9. The topological polar surface area (TPSA) is 127 Å². The molecule has 0 aliphatic heterocycles. The maximum atomic E-state index is 11.5. The van der Waals surface area contributed by atoms with Gasteiger partial charge < -0.3 is 20.6 Å². The number of amides is 1. The molecule has 1 amide bonds. The predicted molar refractivity (Wildman–Crippen MR) is 87.6 cm³/mol. The van der Waals surface area contributed by atoms with Crippen LogP contribution in [0.1, 0.15) is 26.7 Å². The summed E-state index contributed by atoms with van der Waals surface area (Å²) >= 11 is 1.28. The van der Waals surface area contributed by atoms with E-state index in [9.17, 15) is 24.6 Å². The van der Waals surface area contributed by atoms with Crippen molar-refractivity contribution in [2.75, 3.05) is 31.1 Å². The van der Waals surface area contributed by atoms with Gasteiger partial charge in [-0.2, -0.15) is 11.8 Å². The number of carbonyl (C=O) groups excluding carboxylic acids is 1. The molecular formula is C14H26N2O6S. The Bertz CT molecular complexity index is 393. The van der Waals surface area contributed by atoms with E-state index in [2.05, 4.69) is 5.32 Å². The monoisotopic (exact) mass is 350 g/mol. The number of thioether (sulfide) groups is 1. The minimum atomic E-state index is -1.07. The lowest BCUT2D eigenvalue weighted by Crippen LogP contribution is -2.44. The molecule has 8 nitrogen and oxygen atoms in total. The number of aliphatic hydroxyl groups excluding tert-OH is 1. The molecular weight excluding hydrogens is 324 g/mol. The van der Waals surface area contributed by atoms with Gasteiger partial charge in [0.25, 0.3) is 0 Å². The van der Waals surface area contributed by atoms with Gasteiger partial charge in [0.1, 0.15) is 6.04 Å². The highest BCUT2D eigenvalue weighted by Gasteiger charge is 2.25. The number of carboxylic acids is 2. The number of hydrogen-bond acceptors (Lipinski definition) is 6. The maximum absolute atomic E-state index is 11.5. The van der Waals surface area contributed by atoms with Crippen LogP contribution < -0.4 is 5.32 Å².